The van der Waals surface area contributed by atoms with E-state index in [1.54, 1.807) is 0 Å². The molecule has 0 saturated heterocycles. The van der Waals surface area contributed by atoms with Crippen LogP contribution in [0, 0.1) is 6.92 Å². The molecule has 18 heavy (non-hydrogen) atoms. The molecule has 0 bridgehead atoms. The van der Waals surface area contributed by atoms with Crippen molar-refractivity contribution in [1.82, 2.24) is 0 Å². The van der Waals surface area contributed by atoms with Crippen molar-refractivity contribution in [3.8, 4) is 0 Å². The van der Waals surface area contributed by atoms with Crippen molar-refractivity contribution in [3.63, 3.8) is 0 Å². The summed E-state index contributed by atoms with van der Waals surface area (Å²) in [7, 11) is 0. The van der Waals surface area contributed by atoms with E-state index in [-0.39, 0.29) is 0 Å². The van der Waals surface area contributed by atoms with E-state index in [1.165, 1.54) is 11.1 Å². The van der Waals surface area contributed by atoms with Gasteiger partial charge in [0, 0.05) is 0 Å². The lowest BCUT2D eigenvalue weighted by Gasteiger charge is -2.00. The summed E-state index contributed by atoms with van der Waals surface area (Å²) in [5.74, 6) is 0. The Labute approximate surface area is 108 Å². The van der Waals surface area contributed by atoms with Crippen LogP contribution < -0.4 is 5.43 Å². The molecule has 92 valence electrons. The van der Waals surface area contributed by atoms with Crippen molar-refractivity contribution in [2.45, 2.75) is 20.3 Å². The van der Waals surface area contributed by atoms with Gasteiger partial charge >= 0.3 is 0 Å². The molecule has 0 atom stereocenters. The molecule has 2 nitrogen and oxygen atoms in total. The average Bonchev–Trinajstić information content (AvgIpc) is 2.42. The van der Waals surface area contributed by atoms with E-state index in [0.29, 0.717) is 0 Å². The monoisotopic (exact) mass is 238 g/mol. The Hall–Kier alpha value is -2.09. The number of nitrogens with zero attached hydrogens (tertiary/aromatic N) is 1. The van der Waals surface area contributed by atoms with Crippen LogP contribution in [0.3, 0.4) is 0 Å². The molecule has 0 aliphatic rings. The summed E-state index contributed by atoms with van der Waals surface area (Å²) in [5, 5.41) is 4.22. The number of hydrogen-bond acceptors (Lipinski definition) is 2. The van der Waals surface area contributed by atoms with Gasteiger partial charge < -0.3 is 0 Å². The van der Waals surface area contributed by atoms with Crippen LogP contribution >= 0.6 is 0 Å². The van der Waals surface area contributed by atoms with Gasteiger partial charge in [-0.25, -0.2) is 0 Å². The first kappa shape index (κ1) is 12.4. The zero-order chi connectivity index (χ0) is 12.8. The largest absolute Gasteiger partial charge is 0.279 e. The zero-order valence-electron chi connectivity index (χ0n) is 10.9. The van der Waals surface area contributed by atoms with Crippen molar-refractivity contribution in [2.75, 3.05) is 5.43 Å². The summed E-state index contributed by atoms with van der Waals surface area (Å²) in [5.41, 5.74) is 7.72. The second-order valence-corrected chi connectivity index (χ2v) is 4.33. The Kier molecular flexibility index (Phi) is 4.13. The minimum Gasteiger partial charge on any atom is -0.279 e. The Morgan fingerprint density at radius 1 is 1.00 bits per heavy atom. The normalized spacial score (nSPS) is 10.8. The Morgan fingerprint density at radius 3 is 2.28 bits per heavy atom. The van der Waals surface area contributed by atoms with Crippen LogP contribution in [-0.2, 0) is 6.42 Å². The molecule has 0 aliphatic heterocycles. The smallest absolute Gasteiger partial charge is 0.0561 e. The molecule has 2 aromatic rings. The van der Waals surface area contributed by atoms with Gasteiger partial charge in [0.2, 0.25) is 0 Å². The highest BCUT2D eigenvalue weighted by atomic mass is 15.3. The van der Waals surface area contributed by atoms with Gasteiger partial charge in [-0.05, 0) is 36.6 Å². The molecule has 0 saturated carbocycles. The highest BCUT2D eigenvalue weighted by Crippen LogP contribution is 2.08. The van der Waals surface area contributed by atoms with Crippen LogP contribution in [0.5, 0.6) is 0 Å². The lowest BCUT2D eigenvalue weighted by Crippen LogP contribution is -1.91. The topological polar surface area (TPSA) is 24.4 Å². The van der Waals surface area contributed by atoms with E-state index in [9.17, 15) is 0 Å². The predicted octanol–water partition coefficient (Wildman–Crippen LogP) is 4.00. The van der Waals surface area contributed by atoms with E-state index in [1.807, 2.05) is 18.3 Å². The van der Waals surface area contributed by atoms with Gasteiger partial charge in [-0.1, -0.05) is 48.9 Å². The third kappa shape index (κ3) is 3.45. The SMILES string of the molecule is CCc1ccc(/C=N\Nc2ccc(C)cc2)cc1. The van der Waals surface area contributed by atoms with Crippen molar-refractivity contribution in [1.29, 1.82) is 0 Å². The second kappa shape index (κ2) is 6.01. The number of nitrogens with one attached hydrogen (secondary N) is 1. The van der Waals surface area contributed by atoms with Gasteiger partial charge in [-0.15, -0.1) is 0 Å². The van der Waals surface area contributed by atoms with Crippen LogP contribution in [-0.4, -0.2) is 6.21 Å². The second-order valence-electron chi connectivity index (χ2n) is 4.33. The van der Waals surface area contributed by atoms with Crippen LogP contribution in [0.1, 0.15) is 23.6 Å². The molecule has 2 aromatic carbocycles. The van der Waals surface area contributed by atoms with Crippen LogP contribution in [0.15, 0.2) is 53.6 Å². The first-order valence-electron chi connectivity index (χ1n) is 6.22. The Balaban J connectivity index is 1.96. The first-order chi connectivity index (χ1) is 8.78. The van der Waals surface area contributed by atoms with Crippen molar-refractivity contribution in [3.05, 3.63) is 65.2 Å². The van der Waals surface area contributed by atoms with E-state index in [0.717, 1.165) is 17.7 Å². The maximum atomic E-state index is 4.22. The van der Waals surface area contributed by atoms with Crippen molar-refractivity contribution >= 4 is 11.9 Å². The van der Waals surface area contributed by atoms with E-state index in [2.05, 4.69) is 60.8 Å². The summed E-state index contributed by atoms with van der Waals surface area (Å²) >= 11 is 0. The summed E-state index contributed by atoms with van der Waals surface area (Å²) in [6.45, 7) is 4.23. The molecular formula is C16H18N2. The molecule has 0 aromatic heterocycles. The van der Waals surface area contributed by atoms with Gasteiger partial charge in [-0.3, -0.25) is 5.43 Å². The van der Waals surface area contributed by atoms with E-state index >= 15 is 0 Å². The van der Waals surface area contributed by atoms with Crippen molar-refractivity contribution < 1.29 is 0 Å². The maximum absolute atomic E-state index is 4.22. The molecular weight excluding hydrogens is 220 g/mol. The van der Waals surface area contributed by atoms with Crippen molar-refractivity contribution in [2.24, 2.45) is 5.10 Å². The average molecular weight is 238 g/mol. The fraction of sp³-hybridized carbons (Fsp3) is 0.188. The molecule has 0 unspecified atom stereocenters. The Morgan fingerprint density at radius 2 is 1.67 bits per heavy atom. The van der Waals surface area contributed by atoms with Gasteiger partial charge in [0.1, 0.15) is 0 Å². The number of benzene rings is 2. The summed E-state index contributed by atoms with van der Waals surface area (Å²) in [6, 6.07) is 16.6. The Bertz CT molecular complexity index is 510. The quantitative estimate of drug-likeness (QED) is 0.631. The molecule has 0 spiro atoms. The van der Waals surface area contributed by atoms with E-state index in [4.69, 9.17) is 0 Å². The molecule has 0 heterocycles. The van der Waals surface area contributed by atoms with Gasteiger partial charge in [0.25, 0.3) is 0 Å². The number of hydrazone groups is 1. The first-order valence-corrected chi connectivity index (χ1v) is 6.22. The molecule has 0 fully saturated rings. The van der Waals surface area contributed by atoms with Crippen LogP contribution in [0.2, 0.25) is 0 Å². The summed E-state index contributed by atoms with van der Waals surface area (Å²) in [6.07, 6.45) is 2.90. The molecule has 2 heteroatoms. The molecule has 0 aliphatic carbocycles. The highest BCUT2D eigenvalue weighted by molar-refractivity contribution is 5.80. The molecule has 0 amide bonds. The molecule has 0 radical (unpaired) electrons. The fourth-order valence-electron chi connectivity index (χ4n) is 1.65. The highest BCUT2D eigenvalue weighted by Gasteiger charge is 1.90. The number of aryl methyl sites for hydroxylation is 2. The minimum atomic E-state index is 1.00. The number of rotatable bonds is 4. The lowest BCUT2D eigenvalue weighted by molar-refractivity contribution is 1.14. The molecule has 1 N–H and O–H groups in total. The van der Waals surface area contributed by atoms with E-state index < -0.39 is 0 Å². The minimum absolute atomic E-state index is 1.00. The predicted molar refractivity (Wildman–Crippen MR) is 78.2 cm³/mol. The third-order valence-electron chi connectivity index (χ3n) is 2.85. The number of hydrogen-bond donors (Lipinski definition) is 1. The molecule has 2 rings (SSSR count). The van der Waals surface area contributed by atoms with Crippen LogP contribution in [0.25, 0.3) is 0 Å². The number of anilines is 1. The standard InChI is InChI=1S/C16H18N2/c1-3-14-6-8-15(9-7-14)12-17-18-16-10-4-13(2)5-11-16/h4-12,18H,3H2,1-2H3/b17-12-. The fourth-order valence-corrected chi connectivity index (χ4v) is 1.65. The van der Waals surface area contributed by atoms with Gasteiger partial charge in [-0.2, -0.15) is 5.10 Å². The van der Waals surface area contributed by atoms with Crippen LogP contribution in [0.4, 0.5) is 5.69 Å². The van der Waals surface area contributed by atoms with Gasteiger partial charge in [0.15, 0.2) is 0 Å². The third-order valence-corrected chi connectivity index (χ3v) is 2.85. The van der Waals surface area contributed by atoms with Gasteiger partial charge in [0.05, 0.1) is 11.9 Å². The summed E-state index contributed by atoms with van der Waals surface area (Å²) < 4.78 is 0. The maximum Gasteiger partial charge on any atom is 0.0561 e. The lowest BCUT2D eigenvalue weighted by atomic mass is 10.1. The zero-order valence-corrected chi connectivity index (χ0v) is 10.9. The summed E-state index contributed by atoms with van der Waals surface area (Å²) in [4.78, 5) is 0.